The molecule has 3 aromatic carbocycles. The van der Waals surface area contributed by atoms with Crippen LogP contribution in [0.4, 0.5) is 34.9 Å². The average Bonchev–Trinajstić information content (AvgIpc) is 1.65. The van der Waals surface area contributed by atoms with E-state index in [4.69, 9.17) is 34.4 Å². The maximum absolute atomic E-state index is 15.8. The zero-order chi connectivity index (χ0) is 64.0. The first-order valence-corrected chi connectivity index (χ1v) is 29.6. The summed E-state index contributed by atoms with van der Waals surface area (Å²) in [6.45, 7) is 4.44. The van der Waals surface area contributed by atoms with Crippen molar-refractivity contribution < 1.29 is 79.5 Å². The molecule has 0 aliphatic carbocycles. The number of nitrogens with two attached hydrogens (primary N) is 1. The van der Waals surface area contributed by atoms with Crippen LogP contribution in [0.15, 0.2) is 67.0 Å². The van der Waals surface area contributed by atoms with E-state index in [-0.39, 0.29) is 84.8 Å². The zero-order valence-electron chi connectivity index (χ0n) is 49.8. The van der Waals surface area contributed by atoms with E-state index in [0.29, 0.717) is 76.9 Å². The number of hydrogen-bond donors (Lipinski definition) is 5. The van der Waals surface area contributed by atoms with Gasteiger partial charge in [0.1, 0.15) is 24.7 Å². The fourth-order valence-electron chi connectivity index (χ4n) is 10.2. The molecule has 0 atom stereocenters. The van der Waals surface area contributed by atoms with Crippen molar-refractivity contribution in [3.63, 3.8) is 0 Å². The molecule has 90 heavy (non-hydrogen) atoms. The number of rotatable bonds is 33. The number of anilines is 3. The summed E-state index contributed by atoms with van der Waals surface area (Å²) >= 11 is 0. The number of amides is 5. The number of halogens is 4. The molecular formula is C60H73F4N13O13. The van der Waals surface area contributed by atoms with Crippen LogP contribution in [0.25, 0.3) is 32.9 Å². The Kier molecular flexibility index (Phi) is 24.8. The normalized spacial score (nSPS) is 13.8. The molecule has 6 aromatic rings. The lowest BCUT2D eigenvalue weighted by Crippen LogP contribution is -2.40. The standard InChI is InChI=1S/C60H73F4N13O13/c1-85-54(83)37-68-50(79)36-67-51(80)38-76-46-7-5-6-43(55(46)57(73-76)60(62,63)64)44-33-47-41(32-45(44)61)34-70-77(47)53(82)13-12-49(78)66-17-23-87-25-27-89-29-31-90-30-28-88-26-24-86-22-16-52(81)75-20-14-40(15-21-75)39-8-10-42(11-9-39)71-59-56(58(65)84)69-35-48(72-59)74-18-3-2-4-19-74/h5-11,32-35,40H,2-4,12-31,36-38H2,1H3,(H2,65,84)(H,66,78)(H,67,80)(H,68,79)(H,71,72). The van der Waals surface area contributed by atoms with E-state index in [0.717, 1.165) is 67.0 Å². The van der Waals surface area contributed by atoms with Gasteiger partial charge in [-0.2, -0.15) is 23.4 Å². The van der Waals surface area contributed by atoms with Gasteiger partial charge in [-0.25, -0.2) is 19.0 Å². The molecule has 30 heteroatoms. The van der Waals surface area contributed by atoms with Gasteiger partial charge in [0.05, 0.1) is 110 Å². The van der Waals surface area contributed by atoms with Crippen molar-refractivity contribution in [2.24, 2.45) is 5.73 Å². The molecule has 0 saturated carbocycles. The minimum absolute atomic E-state index is 0.0559. The molecule has 2 fully saturated rings. The third-order valence-corrected chi connectivity index (χ3v) is 14.9. The fraction of sp³-hybridized carbons (Fsp3) is 0.483. The Labute approximate surface area is 514 Å². The molecule has 0 spiro atoms. The molecule has 5 amide bonds. The van der Waals surface area contributed by atoms with Crippen LogP contribution in [0.5, 0.6) is 0 Å². The molecule has 0 radical (unpaired) electrons. The smallest absolute Gasteiger partial charge is 0.435 e. The number of piperidine rings is 2. The minimum Gasteiger partial charge on any atom is -0.468 e. The summed E-state index contributed by atoms with van der Waals surface area (Å²) in [5.74, 6) is -3.68. The van der Waals surface area contributed by atoms with Crippen molar-refractivity contribution in [3.05, 3.63) is 89.8 Å². The van der Waals surface area contributed by atoms with Crippen molar-refractivity contribution >= 4 is 80.5 Å². The molecule has 6 N–H and O–H groups in total. The number of methoxy groups -OCH3 is 1. The lowest BCUT2D eigenvalue weighted by Gasteiger charge is -2.32. The van der Waals surface area contributed by atoms with Crippen molar-refractivity contribution in [1.29, 1.82) is 0 Å². The number of esters is 1. The number of carbonyl (C=O) groups excluding carboxylic acids is 7. The monoisotopic (exact) mass is 1260 g/mol. The molecule has 3 aromatic heterocycles. The van der Waals surface area contributed by atoms with Crippen LogP contribution in [0.3, 0.4) is 0 Å². The lowest BCUT2D eigenvalue weighted by atomic mass is 9.89. The predicted octanol–water partition coefficient (Wildman–Crippen LogP) is 4.66. The average molecular weight is 1260 g/mol. The highest BCUT2D eigenvalue weighted by Gasteiger charge is 2.39. The molecule has 26 nitrogen and oxygen atoms in total. The van der Waals surface area contributed by atoms with Gasteiger partial charge in [-0.3, -0.25) is 38.2 Å². The second-order valence-corrected chi connectivity index (χ2v) is 21.1. The third kappa shape index (κ3) is 19.2. The van der Waals surface area contributed by atoms with Gasteiger partial charge in [0.25, 0.3) is 5.91 Å². The van der Waals surface area contributed by atoms with Gasteiger partial charge in [0.2, 0.25) is 29.5 Å². The van der Waals surface area contributed by atoms with Crippen LogP contribution in [0.1, 0.15) is 83.8 Å². The summed E-state index contributed by atoms with van der Waals surface area (Å²) < 4.78 is 93.2. The number of hydrogen-bond acceptors (Lipinski definition) is 19. The Morgan fingerprint density at radius 1 is 0.678 bits per heavy atom. The molecule has 0 unspecified atom stereocenters. The quantitative estimate of drug-likeness (QED) is 0.0213. The highest BCUT2D eigenvalue weighted by atomic mass is 19.4. The van der Waals surface area contributed by atoms with Crippen molar-refractivity contribution in [1.82, 2.24) is 50.4 Å². The lowest BCUT2D eigenvalue weighted by molar-refractivity contribution is -0.141. The molecule has 8 rings (SSSR count). The number of nitrogens with zero attached hydrogens (tertiary/aromatic N) is 8. The highest BCUT2D eigenvalue weighted by molar-refractivity contribution is 6.01. The first-order chi connectivity index (χ1) is 43.5. The van der Waals surface area contributed by atoms with E-state index in [9.17, 15) is 46.7 Å². The maximum atomic E-state index is 15.8. The first kappa shape index (κ1) is 67.2. The second-order valence-electron chi connectivity index (χ2n) is 21.1. The molecule has 2 aliphatic rings. The van der Waals surface area contributed by atoms with E-state index in [2.05, 4.69) is 58.2 Å². The van der Waals surface area contributed by atoms with Crippen LogP contribution in [-0.2, 0) is 65.1 Å². The fourth-order valence-corrected chi connectivity index (χ4v) is 10.2. The number of aromatic nitrogens is 6. The molecule has 484 valence electrons. The molecule has 5 heterocycles. The van der Waals surface area contributed by atoms with E-state index in [1.807, 2.05) is 17.0 Å². The van der Waals surface area contributed by atoms with Gasteiger partial charge >= 0.3 is 12.1 Å². The Balaban J connectivity index is 0.636. The number of ether oxygens (including phenoxy) is 6. The largest absolute Gasteiger partial charge is 0.468 e. The van der Waals surface area contributed by atoms with E-state index in [1.54, 1.807) is 6.20 Å². The van der Waals surface area contributed by atoms with Crippen LogP contribution >= 0.6 is 0 Å². The van der Waals surface area contributed by atoms with Crippen molar-refractivity contribution in [2.75, 3.05) is 129 Å². The SMILES string of the molecule is COC(=O)CNC(=O)CNC(=O)Cn1nc(C(F)(F)F)c2c(-c3cc4c(cnn4C(=O)CCC(=O)NCCOCCOCCOCCOCCOCCC(=O)N4CCC(c5ccc(Nc6nc(N7CCCCC7)cnc6C(N)=O)cc5)CC4)cc3F)cccc21. The van der Waals surface area contributed by atoms with Crippen LogP contribution < -0.4 is 31.9 Å². The third-order valence-electron chi connectivity index (χ3n) is 14.9. The van der Waals surface area contributed by atoms with Gasteiger partial charge in [-0.05, 0) is 79.5 Å². The summed E-state index contributed by atoms with van der Waals surface area (Å²) in [5, 5.41) is 17.7. The van der Waals surface area contributed by atoms with Gasteiger partial charge < -0.3 is 65.2 Å². The summed E-state index contributed by atoms with van der Waals surface area (Å²) in [5.41, 5.74) is 5.53. The number of nitrogens with one attached hydrogen (secondary N) is 4. The number of benzene rings is 3. The number of likely N-dealkylation sites (tertiary alicyclic amines) is 1. The summed E-state index contributed by atoms with van der Waals surface area (Å²) in [6.07, 6.45) is 2.52. The topological polar surface area (TPSA) is 317 Å². The van der Waals surface area contributed by atoms with Gasteiger partial charge in [0.15, 0.2) is 17.2 Å². The van der Waals surface area contributed by atoms with E-state index >= 15 is 4.39 Å². The maximum Gasteiger partial charge on any atom is 0.435 e. The van der Waals surface area contributed by atoms with E-state index in [1.165, 1.54) is 42.4 Å². The second kappa shape index (κ2) is 33.2. The highest BCUT2D eigenvalue weighted by Crippen LogP contribution is 2.41. The molecule has 2 aliphatic heterocycles. The summed E-state index contributed by atoms with van der Waals surface area (Å²) in [7, 11) is 1.11. The minimum atomic E-state index is -5.06. The first-order valence-electron chi connectivity index (χ1n) is 29.6. The van der Waals surface area contributed by atoms with Gasteiger partial charge in [0, 0.05) is 67.6 Å². The molecule has 0 bridgehead atoms. The Bertz CT molecular complexity index is 3440. The van der Waals surface area contributed by atoms with Crippen LogP contribution in [0, 0.1) is 5.82 Å². The van der Waals surface area contributed by atoms with Crippen LogP contribution in [-0.4, -0.2) is 195 Å². The predicted molar refractivity (Wildman–Crippen MR) is 318 cm³/mol. The van der Waals surface area contributed by atoms with Gasteiger partial charge in [-0.15, -0.1) is 0 Å². The Hall–Kier alpha value is -8.71. The molecule has 2 saturated heterocycles. The number of alkyl halides is 3. The zero-order valence-corrected chi connectivity index (χ0v) is 49.8. The summed E-state index contributed by atoms with van der Waals surface area (Å²) in [6, 6.07) is 14.1. The van der Waals surface area contributed by atoms with E-state index < -0.39 is 78.2 Å². The van der Waals surface area contributed by atoms with Crippen LogP contribution in [0.2, 0.25) is 0 Å². The molecular weight excluding hydrogens is 1190 g/mol. The number of carbonyl (C=O) groups is 7. The van der Waals surface area contributed by atoms with Crippen molar-refractivity contribution in [2.45, 2.75) is 70.0 Å². The van der Waals surface area contributed by atoms with Gasteiger partial charge in [-0.1, -0.05) is 24.3 Å². The summed E-state index contributed by atoms with van der Waals surface area (Å²) in [4.78, 5) is 100. The number of primary amides is 1. The Morgan fingerprint density at radius 3 is 1.99 bits per heavy atom. The number of fused-ring (bicyclic) bond motifs is 2. The van der Waals surface area contributed by atoms with Crippen molar-refractivity contribution in [3.8, 4) is 11.1 Å². The Morgan fingerprint density at radius 2 is 1.33 bits per heavy atom.